The Hall–Kier alpha value is -2.12. The highest BCUT2D eigenvalue weighted by Crippen LogP contribution is 2.56. The van der Waals surface area contributed by atoms with E-state index in [1.54, 1.807) is 19.4 Å². The van der Waals surface area contributed by atoms with Crippen LogP contribution in [-0.2, 0) is 4.74 Å². The van der Waals surface area contributed by atoms with Gasteiger partial charge in [0.25, 0.3) is 0 Å². The van der Waals surface area contributed by atoms with Crippen LogP contribution in [0.5, 0.6) is 5.88 Å². The van der Waals surface area contributed by atoms with Crippen LogP contribution in [0.15, 0.2) is 18.3 Å². The van der Waals surface area contributed by atoms with Gasteiger partial charge in [-0.2, -0.15) is 0 Å². The number of amides is 1. The SMILES string of the molecule is COc1ccc2ncc(Cl)c(C(O)CC34CCC(NC(=O)OC(C)(C)C)(CC3)CC4)c2n1. The van der Waals surface area contributed by atoms with Gasteiger partial charge in [0, 0.05) is 23.4 Å². The third-order valence-corrected chi connectivity index (χ3v) is 7.32. The zero-order chi connectivity index (χ0) is 23.1. The van der Waals surface area contributed by atoms with Gasteiger partial charge in [0.05, 0.1) is 23.8 Å². The Bertz CT molecular complexity index is 996. The molecule has 0 saturated heterocycles. The second kappa shape index (κ2) is 8.34. The van der Waals surface area contributed by atoms with Crippen LogP contribution in [0.2, 0.25) is 5.02 Å². The van der Waals surface area contributed by atoms with Crippen molar-refractivity contribution in [2.45, 2.75) is 83.0 Å². The van der Waals surface area contributed by atoms with Crippen LogP contribution in [0.3, 0.4) is 0 Å². The summed E-state index contributed by atoms with van der Waals surface area (Å²) in [4.78, 5) is 21.2. The first-order valence-corrected chi connectivity index (χ1v) is 11.6. The largest absolute Gasteiger partial charge is 0.481 e. The molecule has 2 aromatic heterocycles. The van der Waals surface area contributed by atoms with E-state index in [-0.39, 0.29) is 17.0 Å². The van der Waals surface area contributed by atoms with Gasteiger partial charge in [-0.1, -0.05) is 11.6 Å². The number of hydrogen-bond donors (Lipinski definition) is 2. The molecule has 5 rings (SSSR count). The fourth-order valence-electron chi connectivity index (χ4n) is 5.27. The summed E-state index contributed by atoms with van der Waals surface area (Å²) in [6, 6.07) is 3.57. The van der Waals surface area contributed by atoms with Gasteiger partial charge in [-0.05, 0) is 77.2 Å². The second-order valence-corrected chi connectivity index (χ2v) is 10.8. The van der Waals surface area contributed by atoms with Crippen molar-refractivity contribution in [3.63, 3.8) is 0 Å². The van der Waals surface area contributed by atoms with Crippen molar-refractivity contribution < 1.29 is 19.4 Å². The number of pyridine rings is 2. The Morgan fingerprint density at radius 1 is 1.22 bits per heavy atom. The highest BCUT2D eigenvalue weighted by atomic mass is 35.5. The van der Waals surface area contributed by atoms with Crippen molar-refractivity contribution in [2.24, 2.45) is 5.41 Å². The first-order valence-electron chi connectivity index (χ1n) is 11.2. The third kappa shape index (κ3) is 4.64. The summed E-state index contributed by atoms with van der Waals surface area (Å²) in [6.45, 7) is 5.62. The monoisotopic (exact) mass is 461 g/mol. The molecule has 2 aromatic rings. The number of nitrogens with one attached hydrogen (secondary N) is 1. The molecule has 2 heterocycles. The average Bonchev–Trinajstić information content (AvgIpc) is 2.72. The van der Waals surface area contributed by atoms with Gasteiger partial charge in [-0.25, -0.2) is 9.78 Å². The number of nitrogens with zero attached hydrogens (tertiary/aromatic N) is 2. The molecule has 0 aromatic carbocycles. The topological polar surface area (TPSA) is 93.6 Å². The van der Waals surface area contributed by atoms with Crippen molar-refractivity contribution in [3.8, 4) is 5.88 Å². The number of hydrogen-bond acceptors (Lipinski definition) is 6. The molecule has 174 valence electrons. The lowest BCUT2D eigenvalue weighted by atomic mass is 9.55. The lowest BCUT2D eigenvalue weighted by molar-refractivity contribution is -0.0216. The van der Waals surface area contributed by atoms with Crippen LogP contribution in [0.1, 0.15) is 77.4 Å². The van der Waals surface area contributed by atoms with Crippen molar-refractivity contribution in [3.05, 3.63) is 28.9 Å². The van der Waals surface area contributed by atoms with E-state index in [4.69, 9.17) is 21.1 Å². The summed E-state index contributed by atoms with van der Waals surface area (Å²) in [7, 11) is 1.56. The quantitative estimate of drug-likeness (QED) is 0.624. The number of methoxy groups -OCH3 is 1. The van der Waals surface area contributed by atoms with Crippen molar-refractivity contribution in [1.82, 2.24) is 15.3 Å². The Labute approximate surface area is 193 Å². The third-order valence-electron chi connectivity index (χ3n) is 7.01. The maximum atomic E-state index is 12.4. The van der Waals surface area contributed by atoms with Crippen LogP contribution in [0, 0.1) is 5.41 Å². The molecule has 1 atom stereocenters. The number of aliphatic hydroxyl groups is 1. The lowest BCUT2D eigenvalue weighted by Crippen LogP contribution is -2.57. The van der Waals surface area contributed by atoms with E-state index >= 15 is 0 Å². The molecule has 1 amide bonds. The predicted octanol–water partition coefficient (Wildman–Crippen LogP) is 5.33. The molecule has 0 radical (unpaired) electrons. The maximum Gasteiger partial charge on any atom is 0.408 e. The van der Waals surface area contributed by atoms with Crippen molar-refractivity contribution in [2.75, 3.05) is 7.11 Å². The number of aliphatic hydroxyl groups excluding tert-OH is 1. The van der Waals surface area contributed by atoms with Gasteiger partial charge in [0.1, 0.15) is 11.1 Å². The number of carbonyl (C=O) groups excluding carboxylic acids is 1. The molecule has 2 bridgehead atoms. The number of carbonyl (C=O) groups is 1. The van der Waals surface area contributed by atoms with Crippen LogP contribution in [-0.4, -0.2) is 39.4 Å². The summed E-state index contributed by atoms with van der Waals surface area (Å²) in [5.74, 6) is 0.460. The summed E-state index contributed by atoms with van der Waals surface area (Å²) >= 11 is 6.48. The number of rotatable bonds is 5. The van der Waals surface area contributed by atoms with Crippen LogP contribution < -0.4 is 10.1 Å². The highest BCUT2D eigenvalue weighted by molar-refractivity contribution is 6.32. The van der Waals surface area contributed by atoms with Gasteiger partial charge in [0.2, 0.25) is 5.88 Å². The second-order valence-electron chi connectivity index (χ2n) is 10.4. The van der Waals surface area contributed by atoms with Gasteiger partial charge < -0.3 is 19.9 Å². The van der Waals surface area contributed by atoms with Crippen molar-refractivity contribution >= 4 is 28.7 Å². The molecule has 7 nitrogen and oxygen atoms in total. The van der Waals surface area contributed by atoms with E-state index in [1.807, 2.05) is 26.8 Å². The zero-order valence-corrected chi connectivity index (χ0v) is 20.0. The van der Waals surface area contributed by atoms with E-state index in [9.17, 15) is 9.90 Å². The van der Waals surface area contributed by atoms with Gasteiger partial charge in [-0.15, -0.1) is 0 Å². The molecule has 8 heteroatoms. The standard InChI is InChI=1S/C24H32ClN3O4/c1-22(2,3)32-21(30)28-24-10-7-23(8-11-24,9-12-24)13-17(29)19-15(25)14-26-16-5-6-18(31-4)27-20(16)19/h5-6,14,17,29H,7-13H2,1-4H3,(H,28,30). The Morgan fingerprint density at radius 2 is 1.88 bits per heavy atom. The van der Waals surface area contributed by atoms with Gasteiger partial charge in [0.15, 0.2) is 0 Å². The maximum absolute atomic E-state index is 12.4. The van der Waals surface area contributed by atoms with E-state index in [0.29, 0.717) is 33.9 Å². The lowest BCUT2D eigenvalue weighted by Gasteiger charge is -2.54. The number of fused-ring (bicyclic) bond motifs is 4. The molecule has 3 fully saturated rings. The summed E-state index contributed by atoms with van der Waals surface area (Å²) in [5.41, 5.74) is 1.17. The molecule has 32 heavy (non-hydrogen) atoms. The van der Waals surface area contributed by atoms with Gasteiger partial charge >= 0.3 is 6.09 Å². The fraction of sp³-hybridized carbons (Fsp3) is 0.625. The van der Waals surface area contributed by atoms with Gasteiger partial charge in [-0.3, -0.25) is 4.98 Å². The highest BCUT2D eigenvalue weighted by Gasteiger charge is 2.50. The number of halogens is 1. The number of ether oxygens (including phenoxy) is 2. The van der Waals surface area contributed by atoms with Crippen molar-refractivity contribution in [1.29, 1.82) is 0 Å². The summed E-state index contributed by atoms with van der Waals surface area (Å²) in [6.07, 6.45) is 6.56. The van der Waals surface area contributed by atoms with E-state index in [1.165, 1.54) is 0 Å². The molecular formula is C24H32ClN3O4. The molecule has 3 aliphatic rings. The average molecular weight is 462 g/mol. The van der Waals surface area contributed by atoms with Crippen LogP contribution >= 0.6 is 11.6 Å². The summed E-state index contributed by atoms with van der Waals surface area (Å²) < 4.78 is 10.7. The zero-order valence-electron chi connectivity index (χ0n) is 19.2. The minimum absolute atomic E-state index is 0.0224. The van der Waals surface area contributed by atoms with Crippen LogP contribution in [0.25, 0.3) is 11.0 Å². The Morgan fingerprint density at radius 3 is 2.47 bits per heavy atom. The summed E-state index contributed by atoms with van der Waals surface area (Å²) in [5, 5.41) is 14.8. The van der Waals surface area contributed by atoms with E-state index < -0.39 is 11.7 Å². The molecule has 2 N–H and O–H groups in total. The molecular weight excluding hydrogens is 430 g/mol. The molecule has 1 unspecified atom stereocenters. The smallest absolute Gasteiger partial charge is 0.408 e. The minimum atomic E-state index is -0.753. The molecule has 3 aliphatic carbocycles. The minimum Gasteiger partial charge on any atom is -0.481 e. The molecule has 0 spiro atoms. The number of aromatic nitrogens is 2. The van der Waals surface area contributed by atoms with E-state index in [2.05, 4.69) is 15.3 Å². The first kappa shape index (κ1) is 23.1. The predicted molar refractivity (Wildman–Crippen MR) is 123 cm³/mol. The molecule has 3 saturated carbocycles. The van der Waals surface area contributed by atoms with Crippen LogP contribution in [0.4, 0.5) is 4.79 Å². The fourth-order valence-corrected chi connectivity index (χ4v) is 5.53. The number of alkyl carbamates (subject to hydrolysis) is 1. The Kier molecular flexibility index (Phi) is 6.01. The van der Waals surface area contributed by atoms with E-state index in [0.717, 1.165) is 38.5 Å². The Balaban J connectivity index is 1.49. The first-order chi connectivity index (χ1) is 15.0. The normalized spacial score (nSPS) is 26.1. The molecule has 0 aliphatic heterocycles.